The Kier molecular flexibility index (Phi) is 4.59. The summed E-state index contributed by atoms with van der Waals surface area (Å²) >= 11 is 0. The molecule has 0 aromatic carbocycles. The Morgan fingerprint density at radius 2 is 2.21 bits per heavy atom. The van der Waals surface area contributed by atoms with Crippen molar-refractivity contribution in [1.29, 1.82) is 0 Å². The Bertz CT molecular complexity index is 512. The average molecular weight is 288 g/mol. The summed E-state index contributed by atoms with van der Waals surface area (Å²) in [5.41, 5.74) is 0.397. The largest absolute Gasteiger partial charge is 0.393 e. The molecule has 0 spiro atoms. The van der Waals surface area contributed by atoms with Gasteiger partial charge in [0.05, 0.1) is 6.10 Å². The average Bonchev–Trinajstić information content (AvgIpc) is 2.73. The third-order valence-electron chi connectivity index (χ3n) is 3.45. The third-order valence-corrected chi connectivity index (χ3v) is 4.73. The van der Waals surface area contributed by atoms with Gasteiger partial charge in [-0.1, -0.05) is 18.0 Å². The molecule has 19 heavy (non-hydrogen) atoms. The van der Waals surface area contributed by atoms with Gasteiger partial charge in [0.25, 0.3) is 0 Å². The van der Waals surface area contributed by atoms with Crippen molar-refractivity contribution in [3.63, 3.8) is 0 Å². The fraction of sp³-hybridized carbons (Fsp3) is 0.750. The summed E-state index contributed by atoms with van der Waals surface area (Å²) in [4.78, 5) is 0. The SMILES string of the molecule is Cc1cc(CS(=O)(=O)NCC2CCCCC2O)no1. The van der Waals surface area contributed by atoms with Gasteiger partial charge in [0.15, 0.2) is 0 Å². The number of hydrogen-bond acceptors (Lipinski definition) is 5. The van der Waals surface area contributed by atoms with E-state index in [1.807, 2.05) is 0 Å². The quantitative estimate of drug-likeness (QED) is 0.841. The number of sulfonamides is 1. The van der Waals surface area contributed by atoms with Crippen LogP contribution in [0.5, 0.6) is 0 Å². The van der Waals surface area contributed by atoms with E-state index in [0.29, 0.717) is 18.0 Å². The minimum atomic E-state index is -3.43. The lowest BCUT2D eigenvalue weighted by Gasteiger charge is -2.27. The first-order valence-corrected chi connectivity index (χ1v) is 8.19. The molecule has 2 unspecified atom stereocenters. The molecular formula is C12H20N2O4S. The summed E-state index contributed by atoms with van der Waals surface area (Å²) in [6, 6.07) is 1.61. The van der Waals surface area contributed by atoms with Crippen molar-refractivity contribution in [2.45, 2.75) is 44.5 Å². The Balaban J connectivity index is 1.87. The van der Waals surface area contributed by atoms with Crippen LogP contribution >= 0.6 is 0 Å². The molecule has 0 bridgehead atoms. The molecular weight excluding hydrogens is 268 g/mol. The van der Waals surface area contributed by atoms with E-state index in [4.69, 9.17) is 4.52 Å². The second kappa shape index (κ2) is 6.02. The predicted molar refractivity (Wildman–Crippen MR) is 69.8 cm³/mol. The van der Waals surface area contributed by atoms with E-state index in [9.17, 15) is 13.5 Å². The summed E-state index contributed by atoms with van der Waals surface area (Å²) in [7, 11) is -3.43. The second-order valence-corrected chi connectivity index (χ2v) is 6.96. The van der Waals surface area contributed by atoms with Crippen LogP contribution in [-0.2, 0) is 15.8 Å². The molecule has 7 heteroatoms. The number of rotatable bonds is 5. The van der Waals surface area contributed by atoms with Crippen LogP contribution < -0.4 is 4.72 Å². The summed E-state index contributed by atoms with van der Waals surface area (Å²) < 4.78 is 31.2. The van der Waals surface area contributed by atoms with Crippen LogP contribution in [0.15, 0.2) is 10.6 Å². The van der Waals surface area contributed by atoms with Gasteiger partial charge in [0.2, 0.25) is 10.0 Å². The Morgan fingerprint density at radius 1 is 1.47 bits per heavy atom. The minimum Gasteiger partial charge on any atom is -0.393 e. The summed E-state index contributed by atoms with van der Waals surface area (Å²) in [5.74, 6) is 0.420. The zero-order valence-electron chi connectivity index (χ0n) is 11.0. The fourth-order valence-electron chi connectivity index (χ4n) is 2.39. The van der Waals surface area contributed by atoms with Crippen molar-refractivity contribution in [1.82, 2.24) is 9.88 Å². The number of aliphatic hydroxyl groups is 1. The van der Waals surface area contributed by atoms with Crippen molar-refractivity contribution in [2.75, 3.05) is 6.54 Å². The number of aromatic nitrogens is 1. The first-order valence-electron chi connectivity index (χ1n) is 6.54. The molecule has 0 saturated heterocycles. The number of nitrogens with one attached hydrogen (secondary N) is 1. The highest BCUT2D eigenvalue weighted by Gasteiger charge is 2.25. The van der Waals surface area contributed by atoms with Crippen molar-refractivity contribution >= 4 is 10.0 Å². The molecule has 1 saturated carbocycles. The van der Waals surface area contributed by atoms with Crippen molar-refractivity contribution in [2.24, 2.45) is 5.92 Å². The van der Waals surface area contributed by atoms with E-state index in [-0.39, 0.29) is 11.7 Å². The van der Waals surface area contributed by atoms with Crippen LogP contribution in [0.2, 0.25) is 0 Å². The van der Waals surface area contributed by atoms with E-state index >= 15 is 0 Å². The van der Waals surface area contributed by atoms with Crippen LogP contribution in [-0.4, -0.2) is 31.3 Å². The van der Waals surface area contributed by atoms with Crippen molar-refractivity contribution < 1.29 is 18.0 Å². The van der Waals surface area contributed by atoms with Crippen molar-refractivity contribution in [3.8, 4) is 0 Å². The Hall–Kier alpha value is -0.920. The monoisotopic (exact) mass is 288 g/mol. The van der Waals surface area contributed by atoms with Crippen LogP contribution in [0.4, 0.5) is 0 Å². The van der Waals surface area contributed by atoms with Gasteiger partial charge in [0, 0.05) is 12.6 Å². The van der Waals surface area contributed by atoms with Crippen LogP contribution in [0, 0.1) is 12.8 Å². The summed E-state index contributed by atoms with van der Waals surface area (Å²) in [6.07, 6.45) is 3.29. The fourth-order valence-corrected chi connectivity index (χ4v) is 3.49. The zero-order valence-corrected chi connectivity index (χ0v) is 11.8. The zero-order chi connectivity index (χ0) is 13.9. The van der Waals surface area contributed by atoms with Crippen LogP contribution in [0.1, 0.15) is 37.1 Å². The number of nitrogens with zero attached hydrogens (tertiary/aromatic N) is 1. The van der Waals surface area contributed by atoms with Crippen LogP contribution in [0.25, 0.3) is 0 Å². The molecule has 2 atom stereocenters. The van der Waals surface area contributed by atoms with Gasteiger partial charge in [-0.25, -0.2) is 13.1 Å². The van der Waals surface area contributed by atoms with Crippen LogP contribution in [0.3, 0.4) is 0 Å². The number of aliphatic hydroxyl groups excluding tert-OH is 1. The van der Waals surface area contributed by atoms with E-state index < -0.39 is 16.1 Å². The molecule has 0 amide bonds. The normalized spacial score (nSPS) is 24.5. The molecule has 2 N–H and O–H groups in total. The maximum Gasteiger partial charge on any atom is 0.217 e. The lowest BCUT2D eigenvalue weighted by Crippen LogP contribution is -2.37. The summed E-state index contributed by atoms with van der Waals surface area (Å²) in [6.45, 7) is 2.01. The van der Waals surface area contributed by atoms with E-state index in [0.717, 1.165) is 25.7 Å². The highest BCUT2D eigenvalue weighted by Crippen LogP contribution is 2.23. The molecule has 1 aromatic heterocycles. The molecule has 6 nitrogen and oxygen atoms in total. The first-order chi connectivity index (χ1) is 8.96. The maximum absolute atomic E-state index is 11.9. The molecule has 0 radical (unpaired) electrons. The van der Waals surface area contributed by atoms with Gasteiger partial charge in [-0.3, -0.25) is 0 Å². The molecule has 1 aromatic rings. The molecule has 108 valence electrons. The first kappa shape index (κ1) is 14.5. The van der Waals surface area contributed by atoms with E-state index in [1.165, 1.54) is 0 Å². The molecule has 1 aliphatic rings. The molecule has 1 fully saturated rings. The molecule has 1 heterocycles. The van der Waals surface area contributed by atoms with E-state index in [2.05, 4.69) is 9.88 Å². The molecule has 1 aliphatic carbocycles. The maximum atomic E-state index is 11.9. The Morgan fingerprint density at radius 3 is 2.84 bits per heavy atom. The lowest BCUT2D eigenvalue weighted by molar-refractivity contribution is 0.0724. The molecule has 0 aliphatic heterocycles. The number of hydrogen-bond donors (Lipinski definition) is 2. The predicted octanol–water partition coefficient (Wildman–Crippen LogP) is 0.954. The minimum absolute atomic E-state index is 0.0163. The van der Waals surface area contributed by atoms with Crippen molar-refractivity contribution in [3.05, 3.63) is 17.5 Å². The van der Waals surface area contributed by atoms with Gasteiger partial charge in [-0.05, 0) is 25.7 Å². The lowest BCUT2D eigenvalue weighted by atomic mass is 9.87. The van der Waals surface area contributed by atoms with Gasteiger partial charge in [0.1, 0.15) is 17.2 Å². The van der Waals surface area contributed by atoms with E-state index in [1.54, 1.807) is 13.0 Å². The highest BCUT2D eigenvalue weighted by molar-refractivity contribution is 7.88. The van der Waals surface area contributed by atoms with Gasteiger partial charge >= 0.3 is 0 Å². The highest BCUT2D eigenvalue weighted by atomic mass is 32.2. The molecule has 2 rings (SSSR count). The second-order valence-electron chi connectivity index (χ2n) is 5.15. The smallest absolute Gasteiger partial charge is 0.217 e. The summed E-state index contributed by atoms with van der Waals surface area (Å²) in [5, 5.41) is 13.5. The standard InChI is InChI=1S/C12H20N2O4S/c1-9-6-11(14-18-9)8-19(16,17)13-7-10-4-2-3-5-12(10)15/h6,10,12-13,15H,2-5,7-8H2,1H3. The van der Waals surface area contributed by atoms with Gasteiger partial charge in [-0.15, -0.1) is 0 Å². The Labute approximate surface area is 113 Å². The van der Waals surface area contributed by atoms with Gasteiger partial charge < -0.3 is 9.63 Å². The van der Waals surface area contributed by atoms with Gasteiger partial charge in [-0.2, -0.15) is 0 Å². The number of aryl methyl sites for hydroxylation is 1. The topological polar surface area (TPSA) is 92.4 Å². The third kappa shape index (κ3) is 4.29.